The monoisotopic (exact) mass is 340 g/mol. The van der Waals surface area contributed by atoms with Crippen LogP contribution in [0.2, 0.25) is 0 Å². The third-order valence-electron chi connectivity index (χ3n) is 3.68. The molecule has 1 aromatic carbocycles. The number of hydrogen-bond donors (Lipinski definition) is 1. The van der Waals surface area contributed by atoms with Crippen molar-refractivity contribution in [3.8, 4) is 11.3 Å². The van der Waals surface area contributed by atoms with E-state index in [2.05, 4.69) is 36.2 Å². The Bertz CT molecular complexity index is 859. The van der Waals surface area contributed by atoms with Crippen LogP contribution in [-0.4, -0.2) is 20.7 Å². The van der Waals surface area contributed by atoms with E-state index in [1.165, 1.54) is 11.3 Å². The van der Waals surface area contributed by atoms with Gasteiger partial charge in [-0.15, -0.1) is 11.3 Å². The van der Waals surface area contributed by atoms with Crippen molar-refractivity contribution in [2.45, 2.75) is 26.2 Å². The van der Waals surface area contributed by atoms with Gasteiger partial charge in [0.05, 0.1) is 11.4 Å². The average molecular weight is 340 g/mol. The first kappa shape index (κ1) is 16.4. The molecule has 0 unspecified atom stereocenters. The Labute approximate surface area is 145 Å². The second-order valence-electron chi connectivity index (χ2n) is 6.65. The molecule has 2 aromatic heterocycles. The number of nitrogens with zero attached hydrogens (tertiary/aromatic N) is 3. The highest BCUT2D eigenvalue weighted by molar-refractivity contribution is 7.14. The van der Waals surface area contributed by atoms with Gasteiger partial charge in [-0.1, -0.05) is 51.1 Å². The average Bonchev–Trinajstić information content (AvgIpc) is 3.14. The fourth-order valence-electron chi connectivity index (χ4n) is 2.27. The molecule has 1 N–H and O–H groups in total. The van der Waals surface area contributed by atoms with Crippen LogP contribution in [0.5, 0.6) is 0 Å². The summed E-state index contributed by atoms with van der Waals surface area (Å²) in [7, 11) is 1.77. The predicted molar refractivity (Wildman–Crippen MR) is 97.4 cm³/mol. The summed E-state index contributed by atoms with van der Waals surface area (Å²) in [5, 5.41) is 9.88. The molecule has 0 aliphatic carbocycles. The number of carbonyl (C=O) groups excluding carboxylic acids is 1. The minimum atomic E-state index is -0.206. The smallest absolute Gasteiger partial charge is 0.275 e. The van der Waals surface area contributed by atoms with Crippen molar-refractivity contribution >= 4 is 22.4 Å². The van der Waals surface area contributed by atoms with Crippen LogP contribution in [0.4, 0.5) is 5.13 Å². The molecule has 0 saturated heterocycles. The molecule has 0 aliphatic heterocycles. The second kappa shape index (κ2) is 6.20. The van der Waals surface area contributed by atoms with E-state index in [4.69, 9.17) is 0 Å². The minimum absolute atomic E-state index is 0.0352. The van der Waals surface area contributed by atoms with Crippen molar-refractivity contribution in [1.82, 2.24) is 14.8 Å². The Hall–Kier alpha value is -2.47. The lowest BCUT2D eigenvalue weighted by Crippen LogP contribution is -2.17. The number of amides is 1. The Morgan fingerprint density at radius 1 is 1.21 bits per heavy atom. The fourth-order valence-corrected chi connectivity index (χ4v) is 3.20. The zero-order valence-corrected chi connectivity index (χ0v) is 15.0. The zero-order chi connectivity index (χ0) is 17.3. The molecule has 124 valence electrons. The van der Waals surface area contributed by atoms with Crippen molar-refractivity contribution in [2.75, 3.05) is 5.32 Å². The molecule has 0 saturated carbocycles. The normalized spacial score (nSPS) is 11.5. The maximum absolute atomic E-state index is 12.5. The lowest BCUT2D eigenvalue weighted by atomic mass is 9.93. The van der Waals surface area contributed by atoms with Gasteiger partial charge in [0.1, 0.15) is 5.69 Å². The van der Waals surface area contributed by atoms with Gasteiger partial charge in [-0.2, -0.15) is 5.10 Å². The quantitative estimate of drug-likeness (QED) is 0.781. The van der Waals surface area contributed by atoms with E-state index in [0.29, 0.717) is 10.8 Å². The van der Waals surface area contributed by atoms with E-state index < -0.39 is 0 Å². The second-order valence-corrected chi connectivity index (χ2v) is 7.50. The van der Waals surface area contributed by atoms with Gasteiger partial charge in [-0.25, -0.2) is 4.98 Å². The zero-order valence-electron chi connectivity index (χ0n) is 14.2. The molecular formula is C18H20N4OS. The van der Waals surface area contributed by atoms with E-state index in [1.807, 2.05) is 35.7 Å². The number of nitrogens with one attached hydrogen (secondary N) is 1. The number of anilines is 1. The molecule has 3 rings (SSSR count). The van der Waals surface area contributed by atoms with Gasteiger partial charge in [0.15, 0.2) is 5.13 Å². The third-order valence-corrected chi connectivity index (χ3v) is 4.43. The van der Waals surface area contributed by atoms with Crippen LogP contribution in [0.3, 0.4) is 0 Å². The SMILES string of the molecule is Cn1nc(-c2ccccc2)cc1C(=O)Nc1nc(C(C)(C)C)cs1. The highest BCUT2D eigenvalue weighted by atomic mass is 32.1. The maximum atomic E-state index is 12.5. The summed E-state index contributed by atoms with van der Waals surface area (Å²) in [5.74, 6) is -0.206. The lowest BCUT2D eigenvalue weighted by molar-refractivity contribution is 0.101. The molecule has 0 aliphatic rings. The molecule has 0 radical (unpaired) electrons. The summed E-state index contributed by atoms with van der Waals surface area (Å²) >= 11 is 1.44. The van der Waals surface area contributed by atoms with Crippen LogP contribution in [0.1, 0.15) is 37.0 Å². The van der Waals surface area contributed by atoms with E-state index in [0.717, 1.165) is 17.0 Å². The summed E-state index contributed by atoms with van der Waals surface area (Å²) < 4.78 is 1.59. The number of rotatable bonds is 3. The number of hydrogen-bond acceptors (Lipinski definition) is 4. The first-order valence-corrected chi connectivity index (χ1v) is 8.59. The highest BCUT2D eigenvalue weighted by Crippen LogP contribution is 2.27. The van der Waals surface area contributed by atoms with E-state index in [-0.39, 0.29) is 11.3 Å². The first-order chi connectivity index (χ1) is 11.3. The molecule has 3 aromatic rings. The Kier molecular flexibility index (Phi) is 4.24. The van der Waals surface area contributed by atoms with Crippen molar-refractivity contribution in [1.29, 1.82) is 0 Å². The predicted octanol–water partition coefficient (Wildman–Crippen LogP) is 4.09. The number of aryl methyl sites for hydroxylation is 1. The van der Waals surface area contributed by atoms with Gasteiger partial charge in [0, 0.05) is 23.4 Å². The van der Waals surface area contributed by atoms with E-state index in [1.54, 1.807) is 17.8 Å². The molecule has 0 spiro atoms. The molecule has 1 amide bonds. The van der Waals surface area contributed by atoms with Gasteiger partial charge >= 0.3 is 0 Å². The van der Waals surface area contributed by atoms with Gasteiger partial charge in [0.25, 0.3) is 5.91 Å². The number of thiazole rings is 1. The number of benzene rings is 1. The largest absolute Gasteiger partial charge is 0.296 e. The number of carbonyl (C=O) groups is 1. The Morgan fingerprint density at radius 2 is 1.92 bits per heavy atom. The molecule has 5 nitrogen and oxygen atoms in total. The fraction of sp³-hybridized carbons (Fsp3) is 0.278. The Balaban J connectivity index is 1.81. The lowest BCUT2D eigenvalue weighted by Gasteiger charge is -2.14. The summed E-state index contributed by atoms with van der Waals surface area (Å²) in [6.45, 7) is 6.29. The molecule has 0 bridgehead atoms. The summed E-state index contributed by atoms with van der Waals surface area (Å²) in [6.07, 6.45) is 0. The summed E-state index contributed by atoms with van der Waals surface area (Å²) in [5.41, 5.74) is 3.19. The van der Waals surface area contributed by atoms with Crippen LogP contribution in [-0.2, 0) is 12.5 Å². The Morgan fingerprint density at radius 3 is 2.54 bits per heavy atom. The van der Waals surface area contributed by atoms with Gasteiger partial charge in [-0.05, 0) is 6.07 Å². The van der Waals surface area contributed by atoms with Crippen LogP contribution in [0.15, 0.2) is 41.8 Å². The first-order valence-electron chi connectivity index (χ1n) is 7.71. The van der Waals surface area contributed by atoms with Crippen molar-refractivity contribution in [3.05, 3.63) is 53.2 Å². The van der Waals surface area contributed by atoms with Gasteiger partial charge in [-0.3, -0.25) is 14.8 Å². The topological polar surface area (TPSA) is 59.8 Å². The van der Waals surface area contributed by atoms with Gasteiger partial charge in [0.2, 0.25) is 0 Å². The summed E-state index contributed by atoms with van der Waals surface area (Å²) in [6, 6.07) is 11.6. The standard InChI is InChI=1S/C18H20N4OS/c1-18(2,3)15-11-24-17(19-15)20-16(23)14-10-13(21-22(14)4)12-8-6-5-7-9-12/h5-11H,1-4H3,(H,19,20,23). The van der Waals surface area contributed by atoms with Crippen LogP contribution >= 0.6 is 11.3 Å². The van der Waals surface area contributed by atoms with Crippen LogP contribution < -0.4 is 5.32 Å². The van der Waals surface area contributed by atoms with Crippen LogP contribution in [0, 0.1) is 0 Å². The molecule has 6 heteroatoms. The molecular weight excluding hydrogens is 320 g/mol. The van der Waals surface area contributed by atoms with Crippen molar-refractivity contribution in [3.63, 3.8) is 0 Å². The molecule has 0 atom stereocenters. The van der Waals surface area contributed by atoms with Crippen molar-refractivity contribution in [2.24, 2.45) is 7.05 Å². The maximum Gasteiger partial charge on any atom is 0.275 e. The third kappa shape index (κ3) is 3.38. The number of aromatic nitrogens is 3. The molecule has 0 fully saturated rings. The highest BCUT2D eigenvalue weighted by Gasteiger charge is 2.20. The van der Waals surface area contributed by atoms with Crippen molar-refractivity contribution < 1.29 is 4.79 Å². The van der Waals surface area contributed by atoms with E-state index in [9.17, 15) is 4.79 Å². The van der Waals surface area contributed by atoms with E-state index >= 15 is 0 Å². The summed E-state index contributed by atoms with van der Waals surface area (Å²) in [4.78, 5) is 17.0. The minimum Gasteiger partial charge on any atom is -0.296 e. The van der Waals surface area contributed by atoms with Crippen LogP contribution in [0.25, 0.3) is 11.3 Å². The molecule has 2 heterocycles. The molecule has 24 heavy (non-hydrogen) atoms. The van der Waals surface area contributed by atoms with Gasteiger partial charge < -0.3 is 0 Å².